The van der Waals surface area contributed by atoms with Gasteiger partial charge in [-0.2, -0.15) is 28.6 Å². The second-order valence-electron chi connectivity index (χ2n) is 4.15. The van der Waals surface area contributed by atoms with E-state index < -0.39 is 0 Å². The molecule has 1 N–H and O–H groups in total. The van der Waals surface area contributed by atoms with Gasteiger partial charge in [-0.15, -0.1) is 0 Å². The Morgan fingerprint density at radius 1 is 1.59 bits per heavy atom. The maximum atomic E-state index is 4.33. The highest BCUT2D eigenvalue weighted by Gasteiger charge is 2.25. The van der Waals surface area contributed by atoms with Crippen molar-refractivity contribution < 1.29 is 0 Å². The number of hydrogen-bond acceptors (Lipinski definition) is 5. The summed E-state index contributed by atoms with van der Waals surface area (Å²) in [7, 11) is 1.97. The van der Waals surface area contributed by atoms with Gasteiger partial charge in [-0.3, -0.25) is 4.68 Å². The Morgan fingerprint density at radius 3 is 3.06 bits per heavy atom. The second kappa shape index (κ2) is 6.66. The number of aromatic nitrogens is 3. The molecule has 1 aliphatic heterocycles. The molecule has 1 fully saturated rings. The SMILES string of the molecule is CCNC(Cc1ncnn1C)C1CSCCS1. The van der Waals surface area contributed by atoms with Gasteiger partial charge in [0.25, 0.3) is 0 Å². The maximum Gasteiger partial charge on any atom is 0.138 e. The quantitative estimate of drug-likeness (QED) is 0.872. The molecule has 4 nitrogen and oxygen atoms in total. The molecule has 0 aromatic carbocycles. The van der Waals surface area contributed by atoms with Crippen molar-refractivity contribution in [3.05, 3.63) is 12.2 Å². The average Bonchev–Trinajstić information content (AvgIpc) is 2.76. The maximum absolute atomic E-state index is 4.33. The molecule has 1 saturated heterocycles. The highest BCUT2D eigenvalue weighted by Crippen LogP contribution is 2.27. The molecule has 2 unspecified atom stereocenters. The zero-order valence-electron chi connectivity index (χ0n) is 10.4. The van der Waals surface area contributed by atoms with Crippen LogP contribution >= 0.6 is 23.5 Å². The van der Waals surface area contributed by atoms with Gasteiger partial charge in [0.05, 0.1) is 0 Å². The Labute approximate surface area is 111 Å². The van der Waals surface area contributed by atoms with E-state index in [2.05, 4.69) is 45.8 Å². The lowest BCUT2D eigenvalue weighted by molar-refractivity contribution is 0.500. The number of nitrogens with zero attached hydrogens (tertiary/aromatic N) is 3. The summed E-state index contributed by atoms with van der Waals surface area (Å²) in [5.74, 6) is 4.90. The molecule has 2 heterocycles. The second-order valence-corrected chi connectivity index (χ2v) is 6.65. The van der Waals surface area contributed by atoms with Crippen molar-refractivity contribution in [3.63, 3.8) is 0 Å². The lowest BCUT2D eigenvalue weighted by Crippen LogP contribution is -2.43. The first kappa shape index (κ1) is 13.2. The third-order valence-corrected chi connectivity index (χ3v) is 5.88. The van der Waals surface area contributed by atoms with Gasteiger partial charge in [-0.05, 0) is 6.54 Å². The van der Waals surface area contributed by atoms with Crippen LogP contribution in [0.5, 0.6) is 0 Å². The molecule has 0 saturated carbocycles. The van der Waals surface area contributed by atoms with Gasteiger partial charge < -0.3 is 5.32 Å². The Hall–Kier alpha value is -0.200. The van der Waals surface area contributed by atoms with Crippen LogP contribution in [-0.2, 0) is 13.5 Å². The van der Waals surface area contributed by atoms with E-state index >= 15 is 0 Å². The minimum absolute atomic E-state index is 0.515. The first-order chi connectivity index (χ1) is 8.31. The molecule has 1 aromatic rings. The van der Waals surface area contributed by atoms with E-state index in [0.29, 0.717) is 11.3 Å². The number of thioether (sulfide) groups is 2. The van der Waals surface area contributed by atoms with Gasteiger partial charge in [0.1, 0.15) is 12.2 Å². The summed E-state index contributed by atoms with van der Waals surface area (Å²) < 4.78 is 1.88. The Morgan fingerprint density at radius 2 is 2.47 bits per heavy atom. The number of nitrogens with one attached hydrogen (secondary N) is 1. The standard InChI is InChI=1S/C11H20N4S2/c1-3-12-9(10-7-16-4-5-17-10)6-11-13-8-14-15(11)2/h8-10,12H,3-7H2,1-2H3. The minimum atomic E-state index is 0.515. The topological polar surface area (TPSA) is 42.7 Å². The van der Waals surface area contributed by atoms with Gasteiger partial charge in [0, 0.05) is 42.0 Å². The number of aryl methyl sites for hydroxylation is 1. The molecule has 96 valence electrons. The smallest absolute Gasteiger partial charge is 0.138 e. The van der Waals surface area contributed by atoms with E-state index in [1.54, 1.807) is 6.33 Å². The minimum Gasteiger partial charge on any atom is -0.313 e. The van der Waals surface area contributed by atoms with Crippen LogP contribution in [0.4, 0.5) is 0 Å². The average molecular weight is 272 g/mol. The Balaban J connectivity index is 1.98. The van der Waals surface area contributed by atoms with Crippen LogP contribution in [0.15, 0.2) is 6.33 Å². The monoisotopic (exact) mass is 272 g/mol. The van der Waals surface area contributed by atoms with Gasteiger partial charge in [-0.25, -0.2) is 4.98 Å². The highest BCUT2D eigenvalue weighted by atomic mass is 32.2. The number of likely N-dealkylation sites (N-methyl/N-ethyl adjacent to an activating group) is 1. The van der Waals surface area contributed by atoms with Crippen LogP contribution in [-0.4, -0.2) is 49.9 Å². The molecular weight excluding hydrogens is 252 g/mol. The molecule has 0 aliphatic carbocycles. The van der Waals surface area contributed by atoms with Crippen LogP contribution < -0.4 is 5.32 Å². The normalized spacial score (nSPS) is 22.6. The molecule has 2 rings (SSSR count). The summed E-state index contributed by atoms with van der Waals surface area (Å²) in [5.41, 5.74) is 0. The largest absolute Gasteiger partial charge is 0.313 e. The number of rotatable bonds is 5. The van der Waals surface area contributed by atoms with Crippen LogP contribution in [0, 0.1) is 0 Å². The summed E-state index contributed by atoms with van der Waals surface area (Å²) in [6.45, 7) is 3.19. The first-order valence-corrected chi connectivity index (χ1v) is 8.27. The molecule has 0 radical (unpaired) electrons. The van der Waals surface area contributed by atoms with Crippen molar-refractivity contribution in [2.45, 2.75) is 24.6 Å². The predicted octanol–water partition coefficient (Wildman–Crippen LogP) is 1.18. The van der Waals surface area contributed by atoms with Gasteiger partial charge in [-0.1, -0.05) is 6.92 Å². The van der Waals surface area contributed by atoms with E-state index in [-0.39, 0.29) is 0 Å². The van der Waals surface area contributed by atoms with Crippen molar-refractivity contribution in [3.8, 4) is 0 Å². The van der Waals surface area contributed by atoms with E-state index in [0.717, 1.165) is 18.8 Å². The van der Waals surface area contributed by atoms with Gasteiger partial charge >= 0.3 is 0 Å². The van der Waals surface area contributed by atoms with Crippen LogP contribution in [0.25, 0.3) is 0 Å². The summed E-state index contributed by atoms with van der Waals surface area (Å²) in [5, 5.41) is 8.44. The van der Waals surface area contributed by atoms with Crippen LogP contribution in [0.2, 0.25) is 0 Å². The third-order valence-electron chi connectivity index (χ3n) is 2.96. The fourth-order valence-electron chi connectivity index (χ4n) is 2.04. The predicted molar refractivity (Wildman–Crippen MR) is 75.7 cm³/mol. The van der Waals surface area contributed by atoms with Crippen molar-refractivity contribution in [1.82, 2.24) is 20.1 Å². The summed E-state index contributed by atoms with van der Waals surface area (Å²) in [6, 6.07) is 0.515. The van der Waals surface area contributed by atoms with Crippen molar-refractivity contribution in [1.29, 1.82) is 0 Å². The van der Waals surface area contributed by atoms with E-state index in [1.807, 2.05) is 11.7 Å². The lowest BCUT2D eigenvalue weighted by atomic mass is 10.1. The van der Waals surface area contributed by atoms with Crippen LogP contribution in [0.1, 0.15) is 12.7 Å². The Bertz CT molecular complexity index is 336. The zero-order valence-corrected chi connectivity index (χ0v) is 12.1. The first-order valence-electron chi connectivity index (χ1n) is 6.07. The molecule has 0 bridgehead atoms. The van der Waals surface area contributed by atoms with Gasteiger partial charge in [0.2, 0.25) is 0 Å². The van der Waals surface area contributed by atoms with E-state index in [1.165, 1.54) is 17.3 Å². The molecule has 17 heavy (non-hydrogen) atoms. The van der Waals surface area contributed by atoms with Gasteiger partial charge in [0.15, 0.2) is 0 Å². The molecule has 6 heteroatoms. The summed E-state index contributed by atoms with van der Waals surface area (Å²) >= 11 is 4.17. The van der Waals surface area contributed by atoms with E-state index in [9.17, 15) is 0 Å². The van der Waals surface area contributed by atoms with Crippen molar-refractivity contribution in [2.24, 2.45) is 7.05 Å². The van der Waals surface area contributed by atoms with Crippen molar-refractivity contribution >= 4 is 23.5 Å². The highest BCUT2D eigenvalue weighted by molar-refractivity contribution is 8.06. The Kier molecular flexibility index (Phi) is 5.18. The van der Waals surface area contributed by atoms with E-state index in [4.69, 9.17) is 0 Å². The fourth-order valence-corrected chi connectivity index (χ4v) is 4.93. The number of hydrogen-bond donors (Lipinski definition) is 1. The van der Waals surface area contributed by atoms with Crippen LogP contribution in [0.3, 0.4) is 0 Å². The zero-order chi connectivity index (χ0) is 12.1. The fraction of sp³-hybridized carbons (Fsp3) is 0.818. The van der Waals surface area contributed by atoms with Crippen molar-refractivity contribution in [2.75, 3.05) is 23.8 Å². The molecule has 2 atom stereocenters. The molecule has 1 aliphatic rings. The molecule has 0 spiro atoms. The molecular formula is C11H20N4S2. The summed E-state index contributed by atoms with van der Waals surface area (Å²) in [4.78, 5) is 4.33. The molecule has 1 aromatic heterocycles. The third kappa shape index (κ3) is 3.63. The lowest BCUT2D eigenvalue weighted by Gasteiger charge is -2.29. The summed E-state index contributed by atoms with van der Waals surface area (Å²) in [6.07, 6.45) is 2.61. The molecule has 0 amide bonds.